The van der Waals surface area contributed by atoms with E-state index >= 15 is 0 Å². The van der Waals surface area contributed by atoms with Crippen LogP contribution in [0, 0.1) is 5.41 Å². The fraction of sp³-hybridized carbons (Fsp3) is 0.136. The van der Waals surface area contributed by atoms with Crippen LogP contribution >= 0.6 is 0 Å². The number of hydrogen-bond acceptors (Lipinski definition) is 5. The summed E-state index contributed by atoms with van der Waals surface area (Å²) < 4.78 is 0. The molecule has 0 saturated heterocycles. The van der Waals surface area contributed by atoms with Gasteiger partial charge in [0.2, 0.25) is 0 Å². The van der Waals surface area contributed by atoms with Gasteiger partial charge in [0.05, 0.1) is 10.7 Å². The van der Waals surface area contributed by atoms with Crippen LogP contribution in [0.1, 0.15) is 22.9 Å². The topological polar surface area (TPSA) is 121 Å². The number of nitrogens with one attached hydrogen (secondary N) is 1. The molecule has 3 aromatic rings. The highest BCUT2D eigenvalue weighted by Gasteiger charge is 2.21. The third-order valence-electron chi connectivity index (χ3n) is 4.80. The van der Waals surface area contributed by atoms with E-state index < -0.39 is 6.17 Å². The summed E-state index contributed by atoms with van der Waals surface area (Å²) in [5.41, 5.74) is 15.3. The van der Waals surface area contributed by atoms with E-state index in [0.29, 0.717) is 29.4 Å². The first-order valence-electron chi connectivity index (χ1n) is 9.08. The molecule has 140 valence electrons. The Balaban J connectivity index is 1.85. The quantitative estimate of drug-likeness (QED) is 0.404. The van der Waals surface area contributed by atoms with Gasteiger partial charge >= 0.3 is 0 Å². The Kier molecular flexibility index (Phi) is 4.63. The summed E-state index contributed by atoms with van der Waals surface area (Å²) in [6.45, 7) is 0.513. The minimum absolute atomic E-state index is 0.0133. The maximum absolute atomic E-state index is 11.0. The van der Waals surface area contributed by atoms with Crippen LogP contribution in [-0.4, -0.2) is 17.5 Å². The van der Waals surface area contributed by atoms with E-state index in [4.69, 9.17) is 16.9 Å². The normalized spacial score (nSPS) is 14.8. The number of phenolic OH excluding ortho intramolecular Hbond substituents is 1. The molecule has 1 aliphatic rings. The van der Waals surface area contributed by atoms with Gasteiger partial charge in [-0.2, -0.15) is 0 Å². The lowest BCUT2D eigenvalue weighted by Crippen LogP contribution is -2.24. The number of nitrogens with zero attached hydrogens (tertiary/aromatic N) is 2. The smallest absolute Gasteiger partial charge is 0.170 e. The molecule has 6 N–H and O–H groups in total. The highest BCUT2D eigenvalue weighted by molar-refractivity contribution is 5.94. The van der Waals surface area contributed by atoms with Gasteiger partial charge in [-0.1, -0.05) is 30.3 Å². The van der Waals surface area contributed by atoms with Gasteiger partial charge < -0.3 is 16.6 Å². The second-order valence-corrected chi connectivity index (χ2v) is 6.73. The summed E-state index contributed by atoms with van der Waals surface area (Å²) in [6, 6.07) is 18.9. The second kappa shape index (κ2) is 7.25. The van der Waals surface area contributed by atoms with Crippen molar-refractivity contribution in [3.8, 4) is 16.9 Å². The minimum atomic E-state index is -0.544. The van der Waals surface area contributed by atoms with Crippen molar-refractivity contribution < 1.29 is 5.11 Å². The van der Waals surface area contributed by atoms with E-state index in [2.05, 4.69) is 9.98 Å². The van der Waals surface area contributed by atoms with Crippen LogP contribution in [0.15, 0.2) is 70.6 Å². The average Bonchev–Trinajstić information content (AvgIpc) is 3.13. The number of hydrogen-bond donors (Lipinski definition) is 4. The van der Waals surface area contributed by atoms with Crippen molar-refractivity contribution in [2.24, 2.45) is 21.5 Å². The summed E-state index contributed by atoms with van der Waals surface area (Å²) in [4.78, 5) is 9.30. The van der Waals surface area contributed by atoms with E-state index in [0.717, 1.165) is 22.0 Å². The van der Waals surface area contributed by atoms with Crippen molar-refractivity contribution in [1.29, 1.82) is 5.41 Å². The standard InChI is InChI=1S/C22H21N5O/c23-9-8-13-10-16(14-4-2-1-3-5-14)20(28)17(11-13)22-26-18-7-6-15(21(24)25)12-19(18)27-22/h1-7,10-12,22,28H,8-9,23H2,(H3,24,25). The first-order valence-corrected chi connectivity index (χ1v) is 9.08. The predicted octanol–water partition coefficient (Wildman–Crippen LogP) is 1.80. The van der Waals surface area contributed by atoms with Crippen LogP contribution in [0.4, 0.5) is 0 Å². The van der Waals surface area contributed by atoms with E-state index in [1.807, 2.05) is 42.5 Å². The molecule has 1 aliphatic heterocycles. The Hall–Kier alpha value is -3.51. The van der Waals surface area contributed by atoms with Crippen LogP contribution in [0.3, 0.4) is 0 Å². The van der Waals surface area contributed by atoms with Gasteiger partial charge in [0.25, 0.3) is 0 Å². The van der Waals surface area contributed by atoms with E-state index in [9.17, 15) is 5.11 Å². The number of fused-ring (bicyclic) bond motifs is 1. The first kappa shape index (κ1) is 17.9. The van der Waals surface area contributed by atoms with Crippen molar-refractivity contribution in [3.05, 3.63) is 88.1 Å². The van der Waals surface area contributed by atoms with Crippen molar-refractivity contribution in [2.45, 2.75) is 12.6 Å². The molecule has 0 saturated carbocycles. The van der Waals surface area contributed by atoms with Gasteiger partial charge in [-0.3, -0.25) is 15.4 Å². The van der Waals surface area contributed by atoms with Gasteiger partial charge in [-0.05, 0) is 54.4 Å². The molecule has 28 heavy (non-hydrogen) atoms. The maximum Gasteiger partial charge on any atom is 0.170 e. The molecule has 6 nitrogen and oxygen atoms in total. The van der Waals surface area contributed by atoms with E-state index in [1.54, 1.807) is 18.2 Å². The third kappa shape index (κ3) is 3.25. The van der Waals surface area contributed by atoms with Crippen molar-refractivity contribution in [3.63, 3.8) is 0 Å². The lowest BCUT2D eigenvalue weighted by Gasteiger charge is -2.15. The average molecular weight is 371 g/mol. The Morgan fingerprint density at radius 2 is 1.75 bits per heavy atom. The Labute approximate surface area is 162 Å². The number of aromatic hydroxyl groups is 1. The molecular weight excluding hydrogens is 350 g/mol. The molecule has 4 rings (SSSR count). The number of nitrogen functional groups attached to an aromatic ring is 1. The van der Waals surface area contributed by atoms with Gasteiger partial charge in [-0.15, -0.1) is 0 Å². The molecule has 1 atom stereocenters. The monoisotopic (exact) mass is 371 g/mol. The number of amidine groups is 1. The molecule has 0 spiro atoms. The van der Waals surface area contributed by atoms with Crippen molar-refractivity contribution in [2.75, 3.05) is 6.54 Å². The first-order chi connectivity index (χ1) is 13.6. The fourth-order valence-electron chi connectivity index (χ4n) is 3.40. The summed E-state index contributed by atoms with van der Waals surface area (Å²) in [5.74, 6) is 0.157. The van der Waals surface area contributed by atoms with Crippen molar-refractivity contribution >= 4 is 5.84 Å². The molecule has 0 radical (unpaired) electrons. The zero-order valence-electron chi connectivity index (χ0n) is 15.3. The van der Waals surface area contributed by atoms with Gasteiger partial charge in [0, 0.05) is 16.7 Å². The molecule has 0 bridgehead atoms. The zero-order valence-corrected chi connectivity index (χ0v) is 15.3. The molecule has 1 heterocycles. The molecular formula is C22H21N5O. The number of rotatable bonds is 5. The fourth-order valence-corrected chi connectivity index (χ4v) is 3.40. The van der Waals surface area contributed by atoms with Crippen LogP contribution in [0.25, 0.3) is 11.1 Å². The number of phenols is 1. The predicted molar refractivity (Wildman–Crippen MR) is 109 cm³/mol. The molecule has 1 unspecified atom stereocenters. The van der Waals surface area contributed by atoms with E-state index in [-0.39, 0.29) is 11.6 Å². The largest absolute Gasteiger partial charge is 0.507 e. The second-order valence-electron chi connectivity index (χ2n) is 6.73. The van der Waals surface area contributed by atoms with Crippen LogP contribution < -0.4 is 22.2 Å². The van der Waals surface area contributed by atoms with Crippen LogP contribution in [0.2, 0.25) is 0 Å². The molecule has 6 heteroatoms. The van der Waals surface area contributed by atoms with Crippen LogP contribution in [-0.2, 0) is 6.42 Å². The lowest BCUT2D eigenvalue weighted by atomic mass is 9.96. The lowest BCUT2D eigenvalue weighted by molar-refractivity contribution is 0.464. The van der Waals surface area contributed by atoms with Gasteiger partial charge in [-0.25, -0.2) is 0 Å². The van der Waals surface area contributed by atoms with Crippen LogP contribution in [0.5, 0.6) is 5.75 Å². The Bertz CT molecular complexity index is 1170. The van der Waals surface area contributed by atoms with E-state index in [1.165, 1.54) is 0 Å². The SMILES string of the molecule is N=C(N)c1ccc2c(c1)=NC(c1cc(CCN)cc(-c3ccccc3)c1O)N=2. The molecule has 0 fully saturated rings. The number of nitrogens with two attached hydrogens (primary N) is 2. The third-order valence-corrected chi connectivity index (χ3v) is 4.80. The van der Waals surface area contributed by atoms with Crippen molar-refractivity contribution in [1.82, 2.24) is 0 Å². The molecule has 0 amide bonds. The van der Waals surface area contributed by atoms with Gasteiger partial charge in [0.15, 0.2) is 6.17 Å². The highest BCUT2D eigenvalue weighted by Crippen LogP contribution is 2.38. The summed E-state index contributed by atoms with van der Waals surface area (Å²) >= 11 is 0. The Morgan fingerprint density at radius 1 is 1.00 bits per heavy atom. The maximum atomic E-state index is 11.0. The summed E-state index contributed by atoms with van der Waals surface area (Å²) in [5, 5.41) is 20.0. The highest BCUT2D eigenvalue weighted by atomic mass is 16.3. The summed E-state index contributed by atoms with van der Waals surface area (Å²) in [6.07, 6.45) is 0.152. The molecule has 0 aromatic heterocycles. The summed E-state index contributed by atoms with van der Waals surface area (Å²) in [7, 11) is 0. The molecule has 3 aromatic carbocycles. The zero-order chi connectivity index (χ0) is 19.7. The number of benzene rings is 3. The van der Waals surface area contributed by atoms with Gasteiger partial charge in [0.1, 0.15) is 11.6 Å². The minimum Gasteiger partial charge on any atom is -0.507 e. The Morgan fingerprint density at radius 3 is 2.46 bits per heavy atom. The molecule has 0 aliphatic carbocycles.